The number of quaternary nitrogens is 1. The Kier molecular flexibility index (Phi) is 5.49. The van der Waals surface area contributed by atoms with E-state index in [1.165, 1.54) is 27.8 Å². The predicted molar refractivity (Wildman–Crippen MR) is 167 cm³/mol. The zero-order valence-corrected chi connectivity index (χ0v) is 23.5. The summed E-state index contributed by atoms with van der Waals surface area (Å²) in [6.45, 7) is 5.16. The number of rotatable bonds is 5. The average Bonchev–Trinajstić information content (AvgIpc) is 3.78. The van der Waals surface area contributed by atoms with Crippen LogP contribution in [-0.2, 0) is 5.41 Å². The van der Waals surface area contributed by atoms with Crippen molar-refractivity contribution in [2.45, 2.75) is 5.41 Å². The maximum absolute atomic E-state index is 4.99. The zero-order valence-electron chi connectivity index (χ0n) is 23.5. The predicted octanol–water partition coefficient (Wildman–Crippen LogP) is 7.07. The van der Waals surface area contributed by atoms with E-state index < -0.39 is 5.41 Å². The number of nitrogens with zero attached hydrogens (tertiary/aromatic N) is 5. The molecular formula is C37H31N5. The molecule has 3 heterocycles. The van der Waals surface area contributed by atoms with Crippen LogP contribution in [0.25, 0.3) is 11.1 Å². The molecule has 1 unspecified atom stereocenters. The lowest BCUT2D eigenvalue weighted by atomic mass is 9.69. The Morgan fingerprint density at radius 3 is 2.21 bits per heavy atom. The maximum atomic E-state index is 4.99. The third kappa shape index (κ3) is 3.60. The summed E-state index contributed by atoms with van der Waals surface area (Å²) in [5, 5.41) is 2.32. The van der Waals surface area contributed by atoms with Gasteiger partial charge in [0.25, 0.3) is 0 Å². The molecule has 0 spiro atoms. The van der Waals surface area contributed by atoms with Crippen LogP contribution < -0.4 is 4.90 Å². The maximum Gasteiger partial charge on any atom is 0.235 e. The van der Waals surface area contributed by atoms with E-state index in [4.69, 9.17) is 4.98 Å². The van der Waals surface area contributed by atoms with Crippen molar-refractivity contribution < 1.29 is 9.17 Å². The number of para-hydroxylation sites is 1. The van der Waals surface area contributed by atoms with E-state index in [1.54, 1.807) is 0 Å². The fourth-order valence-electron chi connectivity index (χ4n) is 6.77. The minimum Gasteiger partial charge on any atom is -0.323 e. The minimum absolute atomic E-state index is 0.506. The van der Waals surface area contributed by atoms with Crippen molar-refractivity contribution in [3.8, 4) is 11.1 Å². The monoisotopic (exact) mass is 545 g/mol. The molecule has 42 heavy (non-hydrogen) atoms. The molecule has 0 radical (unpaired) electrons. The molecule has 0 saturated heterocycles. The van der Waals surface area contributed by atoms with Gasteiger partial charge in [-0.2, -0.15) is 0 Å². The van der Waals surface area contributed by atoms with Gasteiger partial charge in [-0.15, -0.1) is 6.54 Å². The first kappa shape index (κ1) is 24.5. The van der Waals surface area contributed by atoms with E-state index in [1.807, 2.05) is 18.3 Å². The number of hydrogen-bond acceptors (Lipinski definition) is 3. The number of pyridine rings is 1. The summed E-state index contributed by atoms with van der Waals surface area (Å²) in [6, 6.07) is 43.3. The van der Waals surface area contributed by atoms with Crippen molar-refractivity contribution in [1.29, 1.82) is 0 Å². The Hall–Kier alpha value is -5.26. The summed E-state index contributed by atoms with van der Waals surface area (Å²) < 4.78 is 2.74. The van der Waals surface area contributed by atoms with Gasteiger partial charge in [-0.05, 0) is 70.4 Å². The molecule has 1 aliphatic carbocycles. The molecule has 0 saturated carbocycles. The highest BCUT2D eigenvalue weighted by molar-refractivity contribution is 5.86. The van der Waals surface area contributed by atoms with Crippen LogP contribution in [0.4, 0.5) is 11.4 Å². The molecule has 1 atom stereocenters. The van der Waals surface area contributed by atoms with Gasteiger partial charge in [0.15, 0.2) is 0 Å². The first-order valence-electron chi connectivity index (χ1n) is 14.3. The van der Waals surface area contributed by atoms with Crippen LogP contribution in [0.15, 0.2) is 140 Å². The van der Waals surface area contributed by atoms with Gasteiger partial charge in [0.1, 0.15) is 12.4 Å². The van der Waals surface area contributed by atoms with Crippen molar-refractivity contribution in [3.63, 3.8) is 0 Å². The Labute approximate surface area is 247 Å². The van der Waals surface area contributed by atoms with E-state index in [2.05, 4.69) is 163 Å². The van der Waals surface area contributed by atoms with E-state index in [-0.39, 0.29) is 0 Å². The lowest BCUT2D eigenvalue weighted by Gasteiger charge is -2.44. The number of aromatic nitrogens is 1. The second-order valence-electron chi connectivity index (χ2n) is 11.2. The lowest BCUT2D eigenvalue weighted by molar-refractivity contribution is -0.983. The normalized spacial score (nSPS) is 19.6. The highest BCUT2D eigenvalue weighted by Crippen LogP contribution is 2.55. The van der Waals surface area contributed by atoms with Crippen molar-refractivity contribution in [3.05, 3.63) is 176 Å². The molecule has 0 N–H and O–H groups in total. The van der Waals surface area contributed by atoms with Gasteiger partial charge in [-0.3, -0.25) is 4.98 Å². The summed E-state index contributed by atoms with van der Waals surface area (Å²) in [5.74, 6) is 0. The van der Waals surface area contributed by atoms with Crippen molar-refractivity contribution in [1.82, 2.24) is 9.99 Å². The minimum atomic E-state index is -0.506. The zero-order chi connectivity index (χ0) is 28.1. The second-order valence-corrected chi connectivity index (χ2v) is 11.2. The third-order valence-corrected chi connectivity index (χ3v) is 8.82. The molecule has 5 aromatic rings. The van der Waals surface area contributed by atoms with Gasteiger partial charge < -0.3 is 14.1 Å². The number of hydrogen-bond donors (Lipinski definition) is 0. The quantitative estimate of drug-likeness (QED) is 0.131. The van der Waals surface area contributed by atoms with E-state index in [0.717, 1.165) is 23.7 Å². The first-order valence-corrected chi connectivity index (χ1v) is 14.3. The van der Waals surface area contributed by atoms with Gasteiger partial charge in [0.05, 0.1) is 24.4 Å². The molecule has 0 amide bonds. The van der Waals surface area contributed by atoms with E-state index in [9.17, 15) is 0 Å². The molecule has 5 heteroatoms. The summed E-state index contributed by atoms with van der Waals surface area (Å²) in [7, 11) is 2.20. The Bertz CT molecular complexity index is 1800. The highest BCUT2D eigenvalue weighted by atomic mass is 15.8. The second kappa shape index (κ2) is 9.40. The molecule has 204 valence electrons. The summed E-state index contributed by atoms with van der Waals surface area (Å²) in [4.78, 5) is 7.30. The van der Waals surface area contributed by atoms with Crippen molar-refractivity contribution >= 4 is 17.6 Å². The molecule has 0 fully saturated rings. The fourth-order valence-corrected chi connectivity index (χ4v) is 6.77. The standard InChI is InChI=1S/C37H31N5/c1-42(25-24-40(28-42)30-13-3-2-4-14-30)41-23-22-39(27-41)31-15-11-12-29(26-31)37(36-20-9-10-21-38-36)34-18-7-5-16-32(34)33-17-6-8-19-35(33)37/h2-26,28H,27H2,1H3. The van der Waals surface area contributed by atoms with E-state index >= 15 is 0 Å². The summed E-state index contributed by atoms with van der Waals surface area (Å²) in [6.07, 6.45) is 8.41. The van der Waals surface area contributed by atoms with Gasteiger partial charge in [0.2, 0.25) is 6.67 Å². The largest absolute Gasteiger partial charge is 0.323 e. The van der Waals surface area contributed by atoms with Crippen LogP contribution in [-0.4, -0.2) is 39.1 Å². The molecule has 5 nitrogen and oxygen atoms in total. The Morgan fingerprint density at radius 1 is 0.762 bits per heavy atom. The highest BCUT2D eigenvalue weighted by Gasteiger charge is 2.47. The Balaban J connectivity index is 1.16. The molecule has 1 aromatic heterocycles. The van der Waals surface area contributed by atoms with Crippen LogP contribution in [0.1, 0.15) is 22.4 Å². The Morgan fingerprint density at radius 2 is 1.48 bits per heavy atom. The smallest absolute Gasteiger partial charge is 0.235 e. The molecule has 8 rings (SSSR count). The van der Waals surface area contributed by atoms with Gasteiger partial charge in [-0.25, -0.2) is 5.01 Å². The summed E-state index contributed by atoms with van der Waals surface area (Å²) >= 11 is 0. The molecule has 2 aliphatic heterocycles. The van der Waals surface area contributed by atoms with Gasteiger partial charge in [0, 0.05) is 18.1 Å². The van der Waals surface area contributed by atoms with Crippen molar-refractivity contribution in [2.24, 2.45) is 0 Å². The average molecular weight is 546 g/mol. The molecular weight excluding hydrogens is 514 g/mol. The van der Waals surface area contributed by atoms with Crippen molar-refractivity contribution in [2.75, 3.05) is 18.6 Å². The van der Waals surface area contributed by atoms with Crippen LogP contribution in [0.2, 0.25) is 0 Å². The number of benzene rings is 4. The lowest BCUT2D eigenvalue weighted by Crippen LogP contribution is -2.50. The van der Waals surface area contributed by atoms with Gasteiger partial charge >= 0.3 is 0 Å². The molecule has 3 aliphatic rings. The fraction of sp³-hybridized carbons (Fsp3) is 0.0811. The SMILES string of the molecule is C[N+]1(N2C=CN(c3cccc(C4(c5ccccn5)c5ccccc5-c5ccccc54)c3)C2)[CH-]C=[N+](c2ccccc2)[CH-]1. The molecule has 0 bridgehead atoms. The molecule has 4 aromatic carbocycles. The van der Waals surface area contributed by atoms with Crippen LogP contribution in [0, 0.1) is 13.2 Å². The number of fused-ring (bicyclic) bond motifs is 3. The topological polar surface area (TPSA) is 22.4 Å². The van der Waals surface area contributed by atoms with Crippen LogP contribution in [0.5, 0.6) is 0 Å². The van der Waals surface area contributed by atoms with Crippen LogP contribution in [0.3, 0.4) is 0 Å². The first-order chi connectivity index (χ1) is 20.7. The van der Waals surface area contributed by atoms with Gasteiger partial charge in [-0.1, -0.05) is 84.9 Å². The third-order valence-electron chi connectivity index (χ3n) is 8.82. The van der Waals surface area contributed by atoms with E-state index in [0.29, 0.717) is 4.59 Å². The van der Waals surface area contributed by atoms with Crippen LogP contribution >= 0.6 is 0 Å². The summed E-state index contributed by atoms with van der Waals surface area (Å²) in [5.41, 5.74) is 9.14. The number of anilines is 1.